The van der Waals surface area contributed by atoms with Crippen LogP contribution in [0.2, 0.25) is 0 Å². The number of nitrogen functional groups attached to an aromatic ring is 1. The number of hydrogen-bond donors (Lipinski definition) is 2. The Morgan fingerprint density at radius 3 is 2.85 bits per heavy atom. The molecule has 0 unspecified atom stereocenters. The summed E-state index contributed by atoms with van der Waals surface area (Å²) >= 11 is 0. The van der Waals surface area contributed by atoms with E-state index < -0.39 is 0 Å². The first-order valence-corrected chi connectivity index (χ1v) is 9.42. The summed E-state index contributed by atoms with van der Waals surface area (Å²) in [6.07, 6.45) is 8.14. The Bertz CT molecular complexity index is 732. The first-order chi connectivity index (χ1) is 12.8. The average Bonchev–Trinajstić information content (AvgIpc) is 2.69. The van der Waals surface area contributed by atoms with E-state index in [0.29, 0.717) is 5.95 Å². The summed E-state index contributed by atoms with van der Waals surface area (Å²) in [6.45, 7) is 4.14. The molecule has 0 amide bonds. The molecular formula is C19H26N6O. The van der Waals surface area contributed by atoms with Crippen molar-refractivity contribution in [2.45, 2.75) is 31.7 Å². The molecule has 0 radical (unpaired) electrons. The Hall–Kier alpha value is -2.25. The summed E-state index contributed by atoms with van der Waals surface area (Å²) in [6, 6.07) is 4.36. The summed E-state index contributed by atoms with van der Waals surface area (Å²) in [5.41, 5.74) is 9.49. The average molecular weight is 354 g/mol. The number of nitrogens with one attached hydrogen (secondary N) is 1. The fraction of sp³-hybridized carbons (Fsp3) is 0.526. The van der Waals surface area contributed by atoms with Crippen LogP contribution >= 0.6 is 0 Å². The Morgan fingerprint density at radius 2 is 2.04 bits per heavy atom. The van der Waals surface area contributed by atoms with Crippen LogP contribution in [0.4, 0.5) is 11.8 Å². The zero-order valence-electron chi connectivity index (χ0n) is 15.0. The van der Waals surface area contributed by atoms with Gasteiger partial charge in [-0.25, -0.2) is 4.98 Å². The highest BCUT2D eigenvalue weighted by Gasteiger charge is 2.24. The van der Waals surface area contributed by atoms with Crippen LogP contribution in [-0.2, 0) is 17.6 Å². The van der Waals surface area contributed by atoms with E-state index in [1.807, 2.05) is 18.5 Å². The SMILES string of the molecule is Nc1nc2c(c(NC[C@@H](c3cccnc3)N3CCOCC3)n1)CCCC2. The van der Waals surface area contributed by atoms with E-state index in [0.717, 1.165) is 57.2 Å². The summed E-state index contributed by atoms with van der Waals surface area (Å²) in [4.78, 5) is 15.7. The molecule has 3 heterocycles. The molecule has 26 heavy (non-hydrogen) atoms. The van der Waals surface area contributed by atoms with Gasteiger partial charge in [-0.15, -0.1) is 0 Å². The molecule has 7 heteroatoms. The van der Waals surface area contributed by atoms with Crippen molar-refractivity contribution in [2.75, 3.05) is 43.9 Å². The zero-order chi connectivity index (χ0) is 17.8. The van der Waals surface area contributed by atoms with Crippen LogP contribution in [0.25, 0.3) is 0 Å². The third-order valence-electron chi connectivity index (χ3n) is 5.22. The lowest BCUT2D eigenvalue weighted by molar-refractivity contribution is 0.0186. The number of morpholine rings is 1. The van der Waals surface area contributed by atoms with Gasteiger partial charge in [-0.2, -0.15) is 4.98 Å². The molecule has 1 aliphatic heterocycles. The lowest BCUT2D eigenvalue weighted by Crippen LogP contribution is -2.41. The first-order valence-electron chi connectivity index (χ1n) is 9.42. The van der Waals surface area contributed by atoms with Gasteiger partial charge in [-0.1, -0.05) is 6.07 Å². The number of aromatic nitrogens is 3. The van der Waals surface area contributed by atoms with E-state index in [1.54, 1.807) is 0 Å². The molecule has 1 aliphatic carbocycles. The quantitative estimate of drug-likeness (QED) is 0.846. The van der Waals surface area contributed by atoms with Crippen LogP contribution in [0, 0.1) is 0 Å². The number of nitrogens with two attached hydrogens (primary N) is 1. The molecule has 0 saturated carbocycles. The molecule has 2 aromatic heterocycles. The molecule has 3 N–H and O–H groups in total. The molecule has 0 spiro atoms. The Balaban J connectivity index is 1.56. The first kappa shape index (κ1) is 17.2. The highest BCUT2D eigenvalue weighted by molar-refractivity contribution is 5.51. The maximum atomic E-state index is 5.94. The molecular weight excluding hydrogens is 328 g/mol. The van der Waals surface area contributed by atoms with Crippen LogP contribution in [0.3, 0.4) is 0 Å². The molecule has 1 atom stereocenters. The van der Waals surface area contributed by atoms with E-state index in [4.69, 9.17) is 10.5 Å². The molecule has 4 rings (SSSR count). The van der Waals surface area contributed by atoms with Crippen molar-refractivity contribution in [1.29, 1.82) is 0 Å². The number of rotatable bonds is 5. The lowest BCUT2D eigenvalue weighted by Gasteiger charge is -2.35. The molecule has 1 fully saturated rings. The van der Waals surface area contributed by atoms with Crippen LogP contribution in [0.15, 0.2) is 24.5 Å². The maximum Gasteiger partial charge on any atom is 0.222 e. The molecule has 138 valence electrons. The highest BCUT2D eigenvalue weighted by atomic mass is 16.5. The summed E-state index contributed by atoms with van der Waals surface area (Å²) < 4.78 is 5.52. The molecule has 0 bridgehead atoms. The van der Waals surface area contributed by atoms with Crippen molar-refractivity contribution >= 4 is 11.8 Å². The van der Waals surface area contributed by atoms with Crippen molar-refractivity contribution in [2.24, 2.45) is 0 Å². The summed E-state index contributed by atoms with van der Waals surface area (Å²) in [5, 5.41) is 3.57. The second kappa shape index (κ2) is 7.97. The van der Waals surface area contributed by atoms with Gasteiger partial charge in [0.05, 0.1) is 24.9 Å². The molecule has 2 aliphatic rings. The second-order valence-corrected chi connectivity index (χ2v) is 6.89. The minimum absolute atomic E-state index is 0.225. The smallest absolute Gasteiger partial charge is 0.222 e. The predicted octanol–water partition coefficient (Wildman–Crippen LogP) is 1.82. The largest absolute Gasteiger partial charge is 0.379 e. The maximum absolute atomic E-state index is 5.94. The Kier molecular flexibility index (Phi) is 5.26. The fourth-order valence-electron chi connectivity index (χ4n) is 3.87. The van der Waals surface area contributed by atoms with Gasteiger partial charge in [-0.3, -0.25) is 9.88 Å². The van der Waals surface area contributed by atoms with Gasteiger partial charge in [0, 0.05) is 37.6 Å². The van der Waals surface area contributed by atoms with Gasteiger partial charge < -0.3 is 15.8 Å². The van der Waals surface area contributed by atoms with E-state index in [-0.39, 0.29) is 6.04 Å². The van der Waals surface area contributed by atoms with Gasteiger partial charge in [0.15, 0.2) is 0 Å². The van der Waals surface area contributed by atoms with Crippen molar-refractivity contribution in [1.82, 2.24) is 19.9 Å². The number of nitrogens with zero attached hydrogens (tertiary/aromatic N) is 4. The number of ether oxygens (including phenoxy) is 1. The van der Waals surface area contributed by atoms with E-state index in [9.17, 15) is 0 Å². The van der Waals surface area contributed by atoms with Gasteiger partial charge in [0.1, 0.15) is 5.82 Å². The summed E-state index contributed by atoms with van der Waals surface area (Å²) in [5.74, 6) is 1.26. The number of aryl methyl sites for hydroxylation is 1. The van der Waals surface area contributed by atoms with Crippen molar-refractivity contribution < 1.29 is 4.74 Å². The Labute approximate surface area is 154 Å². The standard InChI is InChI=1S/C19H26N6O/c20-19-23-16-6-2-1-5-15(16)18(24-19)22-13-17(14-4-3-7-21-12-14)25-8-10-26-11-9-25/h3-4,7,12,17H,1-2,5-6,8-11,13H2,(H3,20,22,23,24)/t17-/m0/s1. The normalized spacial score (nSPS) is 18.9. The van der Waals surface area contributed by atoms with Crippen molar-refractivity contribution in [3.8, 4) is 0 Å². The predicted molar refractivity (Wildman–Crippen MR) is 101 cm³/mol. The second-order valence-electron chi connectivity index (χ2n) is 6.89. The molecule has 1 saturated heterocycles. The van der Waals surface area contributed by atoms with Crippen LogP contribution in [0.1, 0.15) is 35.7 Å². The topological polar surface area (TPSA) is 89.2 Å². The molecule has 0 aromatic carbocycles. The minimum atomic E-state index is 0.225. The molecule has 7 nitrogen and oxygen atoms in total. The number of pyridine rings is 1. The van der Waals surface area contributed by atoms with Crippen LogP contribution in [0.5, 0.6) is 0 Å². The Morgan fingerprint density at radius 1 is 1.19 bits per heavy atom. The van der Waals surface area contributed by atoms with E-state index in [2.05, 4.69) is 31.2 Å². The van der Waals surface area contributed by atoms with Crippen molar-refractivity contribution in [3.05, 3.63) is 41.3 Å². The number of anilines is 2. The third-order valence-corrected chi connectivity index (χ3v) is 5.22. The molecule has 2 aromatic rings. The van der Waals surface area contributed by atoms with Gasteiger partial charge in [0.25, 0.3) is 0 Å². The van der Waals surface area contributed by atoms with Gasteiger partial charge in [-0.05, 0) is 37.3 Å². The zero-order valence-corrected chi connectivity index (χ0v) is 15.0. The third kappa shape index (κ3) is 3.78. The monoisotopic (exact) mass is 354 g/mol. The number of hydrogen-bond acceptors (Lipinski definition) is 7. The highest BCUT2D eigenvalue weighted by Crippen LogP contribution is 2.28. The fourth-order valence-corrected chi connectivity index (χ4v) is 3.87. The van der Waals surface area contributed by atoms with E-state index in [1.165, 1.54) is 24.0 Å². The minimum Gasteiger partial charge on any atom is -0.379 e. The van der Waals surface area contributed by atoms with Gasteiger partial charge >= 0.3 is 0 Å². The lowest BCUT2D eigenvalue weighted by atomic mass is 9.96. The van der Waals surface area contributed by atoms with Crippen molar-refractivity contribution in [3.63, 3.8) is 0 Å². The van der Waals surface area contributed by atoms with Gasteiger partial charge in [0.2, 0.25) is 5.95 Å². The van der Waals surface area contributed by atoms with E-state index >= 15 is 0 Å². The van der Waals surface area contributed by atoms with Crippen LogP contribution < -0.4 is 11.1 Å². The number of fused-ring (bicyclic) bond motifs is 1. The summed E-state index contributed by atoms with van der Waals surface area (Å²) in [7, 11) is 0. The van der Waals surface area contributed by atoms with Crippen LogP contribution in [-0.4, -0.2) is 52.7 Å².